The lowest BCUT2D eigenvalue weighted by Crippen LogP contribution is -2.35. The van der Waals surface area contributed by atoms with Crippen molar-refractivity contribution >= 4 is 17.9 Å². The highest BCUT2D eigenvalue weighted by atomic mass is 32.2. The molecule has 116 valence electrons. The van der Waals surface area contributed by atoms with Gasteiger partial charge in [0.2, 0.25) is 0 Å². The summed E-state index contributed by atoms with van der Waals surface area (Å²) in [7, 11) is 1.68. The van der Waals surface area contributed by atoms with Crippen LogP contribution in [0.4, 0.5) is 4.79 Å². The molecule has 1 aromatic carbocycles. The third kappa shape index (κ3) is 4.56. The van der Waals surface area contributed by atoms with Crippen molar-refractivity contribution in [1.29, 1.82) is 0 Å². The predicted octanol–water partition coefficient (Wildman–Crippen LogP) is 3.80. The SMILES string of the molecule is COc1ccccc1S[C@H]1CCN(C(=O)OC(C)(C)C)C1. The molecule has 0 aliphatic carbocycles. The molecule has 4 nitrogen and oxygen atoms in total. The molecule has 21 heavy (non-hydrogen) atoms. The molecule has 0 N–H and O–H groups in total. The molecule has 0 bridgehead atoms. The first kappa shape index (κ1) is 16.0. The number of carbonyl (C=O) groups excluding carboxylic acids is 1. The number of ether oxygens (including phenoxy) is 2. The molecule has 0 radical (unpaired) electrons. The highest BCUT2D eigenvalue weighted by Gasteiger charge is 2.30. The highest BCUT2D eigenvalue weighted by Crippen LogP contribution is 2.35. The van der Waals surface area contributed by atoms with Crippen LogP contribution in [0.3, 0.4) is 0 Å². The number of amides is 1. The Morgan fingerprint density at radius 3 is 2.71 bits per heavy atom. The number of para-hydroxylation sites is 1. The van der Waals surface area contributed by atoms with E-state index in [1.165, 1.54) is 0 Å². The summed E-state index contributed by atoms with van der Waals surface area (Å²) in [5.41, 5.74) is -0.440. The van der Waals surface area contributed by atoms with Gasteiger partial charge in [0.05, 0.1) is 7.11 Å². The van der Waals surface area contributed by atoms with E-state index in [4.69, 9.17) is 9.47 Å². The van der Waals surface area contributed by atoms with E-state index in [2.05, 4.69) is 6.07 Å². The third-order valence-electron chi connectivity index (χ3n) is 3.16. The van der Waals surface area contributed by atoms with Crippen LogP contribution < -0.4 is 4.74 Å². The van der Waals surface area contributed by atoms with Crippen molar-refractivity contribution in [1.82, 2.24) is 4.90 Å². The number of likely N-dealkylation sites (tertiary alicyclic amines) is 1. The van der Waals surface area contributed by atoms with Crippen molar-refractivity contribution in [2.24, 2.45) is 0 Å². The van der Waals surface area contributed by atoms with Crippen LogP contribution in [0.25, 0.3) is 0 Å². The lowest BCUT2D eigenvalue weighted by Gasteiger charge is -2.24. The Hall–Kier alpha value is -1.36. The Balaban J connectivity index is 1.92. The van der Waals surface area contributed by atoms with Gasteiger partial charge in [0, 0.05) is 23.2 Å². The smallest absolute Gasteiger partial charge is 0.410 e. The van der Waals surface area contributed by atoms with Crippen LogP contribution in [0, 0.1) is 0 Å². The molecule has 1 amide bonds. The number of nitrogens with zero attached hydrogens (tertiary/aromatic N) is 1. The lowest BCUT2D eigenvalue weighted by molar-refractivity contribution is 0.0295. The second-order valence-corrected chi connectivity index (χ2v) is 7.45. The quantitative estimate of drug-likeness (QED) is 0.851. The fraction of sp³-hybridized carbons (Fsp3) is 0.562. The van der Waals surface area contributed by atoms with Crippen LogP contribution in [0.5, 0.6) is 5.75 Å². The van der Waals surface area contributed by atoms with Crippen molar-refractivity contribution in [3.05, 3.63) is 24.3 Å². The van der Waals surface area contributed by atoms with Crippen LogP contribution in [0.15, 0.2) is 29.2 Å². The molecule has 0 spiro atoms. The fourth-order valence-electron chi connectivity index (χ4n) is 2.21. The third-order valence-corrected chi connectivity index (χ3v) is 4.47. The molecule has 1 aromatic rings. The normalized spacial score (nSPS) is 18.7. The standard InChI is InChI=1S/C16H23NO3S/c1-16(2,3)20-15(18)17-10-9-12(11-17)21-14-8-6-5-7-13(14)19-4/h5-8,12H,9-11H2,1-4H3/t12-/m0/s1. The minimum Gasteiger partial charge on any atom is -0.496 e. The van der Waals surface area contributed by atoms with E-state index in [9.17, 15) is 4.79 Å². The van der Waals surface area contributed by atoms with Gasteiger partial charge >= 0.3 is 6.09 Å². The number of carbonyl (C=O) groups is 1. The fourth-order valence-corrected chi connectivity index (χ4v) is 3.47. The Morgan fingerprint density at radius 1 is 1.33 bits per heavy atom. The van der Waals surface area contributed by atoms with Gasteiger partial charge in [0.15, 0.2) is 0 Å². The minimum atomic E-state index is -0.440. The van der Waals surface area contributed by atoms with Gasteiger partial charge in [-0.15, -0.1) is 11.8 Å². The topological polar surface area (TPSA) is 38.8 Å². The second kappa shape index (κ2) is 6.60. The van der Waals surface area contributed by atoms with Crippen LogP contribution in [0.2, 0.25) is 0 Å². The maximum absolute atomic E-state index is 12.1. The van der Waals surface area contributed by atoms with Crippen LogP contribution >= 0.6 is 11.8 Å². The Morgan fingerprint density at radius 2 is 2.05 bits per heavy atom. The van der Waals surface area contributed by atoms with Gasteiger partial charge in [-0.3, -0.25) is 0 Å². The van der Waals surface area contributed by atoms with Gasteiger partial charge in [0.1, 0.15) is 11.4 Å². The first-order valence-electron chi connectivity index (χ1n) is 7.16. The van der Waals surface area contributed by atoms with Crippen LogP contribution in [-0.4, -0.2) is 42.0 Å². The number of thioether (sulfide) groups is 1. The maximum Gasteiger partial charge on any atom is 0.410 e. The predicted molar refractivity (Wildman–Crippen MR) is 85.1 cm³/mol. The van der Waals surface area contributed by atoms with Gasteiger partial charge in [-0.1, -0.05) is 12.1 Å². The van der Waals surface area contributed by atoms with Crippen molar-refractivity contribution < 1.29 is 14.3 Å². The Bertz CT molecular complexity index is 499. The molecule has 0 saturated carbocycles. The highest BCUT2D eigenvalue weighted by molar-refractivity contribution is 8.00. The zero-order valence-electron chi connectivity index (χ0n) is 13.1. The lowest BCUT2D eigenvalue weighted by atomic mass is 10.2. The average Bonchev–Trinajstić information content (AvgIpc) is 2.86. The van der Waals surface area contributed by atoms with E-state index in [0.29, 0.717) is 5.25 Å². The molecule has 2 rings (SSSR count). The van der Waals surface area contributed by atoms with E-state index in [1.807, 2.05) is 39.0 Å². The number of hydrogen-bond donors (Lipinski definition) is 0. The molecule has 5 heteroatoms. The van der Waals surface area contributed by atoms with E-state index in [0.717, 1.165) is 30.2 Å². The number of methoxy groups -OCH3 is 1. The number of hydrogen-bond acceptors (Lipinski definition) is 4. The zero-order chi connectivity index (χ0) is 15.5. The van der Waals surface area contributed by atoms with E-state index in [1.54, 1.807) is 23.8 Å². The largest absolute Gasteiger partial charge is 0.496 e. The molecule has 0 unspecified atom stereocenters. The van der Waals surface area contributed by atoms with Gasteiger partial charge in [-0.05, 0) is 39.3 Å². The van der Waals surface area contributed by atoms with Crippen molar-refractivity contribution in [2.75, 3.05) is 20.2 Å². The molecule has 1 aliphatic heterocycles. The summed E-state index contributed by atoms with van der Waals surface area (Å²) in [5.74, 6) is 0.887. The first-order chi connectivity index (χ1) is 9.89. The number of rotatable bonds is 3. The molecular formula is C16H23NO3S. The minimum absolute atomic E-state index is 0.217. The summed E-state index contributed by atoms with van der Waals surface area (Å²) < 4.78 is 10.8. The van der Waals surface area contributed by atoms with Gasteiger partial charge in [-0.2, -0.15) is 0 Å². The van der Waals surface area contributed by atoms with Crippen molar-refractivity contribution in [2.45, 2.75) is 42.9 Å². The van der Waals surface area contributed by atoms with Crippen molar-refractivity contribution in [3.63, 3.8) is 0 Å². The maximum atomic E-state index is 12.1. The number of benzene rings is 1. The average molecular weight is 309 g/mol. The Kier molecular flexibility index (Phi) is 5.04. The summed E-state index contributed by atoms with van der Waals surface area (Å²) in [4.78, 5) is 15.0. The van der Waals surface area contributed by atoms with E-state index < -0.39 is 5.60 Å². The van der Waals surface area contributed by atoms with E-state index >= 15 is 0 Å². The molecule has 0 aromatic heterocycles. The van der Waals surface area contributed by atoms with Gasteiger partial charge in [-0.25, -0.2) is 4.79 Å². The summed E-state index contributed by atoms with van der Waals surface area (Å²) in [6.07, 6.45) is 0.757. The van der Waals surface area contributed by atoms with Gasteiger partial charge < -0.3 is 14.4 Å². The zero-order valence-corrected chi connectivity index (χ0v) is 13.9. The first-order valence-corrected chi connectivity index (χ1v) is 8.04. The molecule has 1 aliphatic rings. The molecule has 1 heterocycles. The van der Waals surface area contributed by atoms with Crippen LogP contribution in [0.1, 0.15) is 27.2 Å². The molecular weight excluding hydrogens is 286 g/mol. The summed E-state index contributed by atoms with van der Waals surface area (Å²) >= 11 is 1.77. The van der Waals surface area contributed by atoms with E-state index in [-0.39, 0.29) is 6.09 Å². The molecule has 1 fully saturated rings. The monoisotopic (exact) mass is 309 g/mol. The summed E-state index contributed by atoms with van der Waals surface area (Å²) in [5, 5.41) is 0.383. The van der Waals surface area contributed by atoms with Crippen LogP contribution in [-0.2, 0) is 4.74 Å². The molecule has 1 atom stereocenters. The summed E-state index contributed by atoms with van der Waals surface area (Å²) in [6.45, 7) is 7.14. The second-order valence-electron chi connectivity index (χ2n) is 6.11. The van der Waals surface area contributed by atoms with Crippen molar-refractivity contribution in [3.8, 4) is 5.75 Å². The molecule has 1 saturated heterocycles. The van der Waals surface area contributed by atoms with Gasteiger partial charge in [0.25, 0.3) is 0 Å². The summed E-state index contributed by atoms with van der Waals surface area (Å²) in [6, 6.07) is 7.98. The Labute approximate surface area is 130 Å².